The zero-order valence-corrected chi connectivity index (χ0v) is 7.21. The molecule has 12 heavy (non-hydrogen) atoms. The van der Waals surface area contributed by atoms with Crippen molar-refractivity contribution in [2.24, 2.45) is 0 Å². The Hall–Kier alpha value is -0.900. The average molecular weight is 167 g/mol. The number of rotatable bonds is 2. The lowest BCUT2D eigenvalue weighted by molar-refractivity contribution is 0.361. The Bertz CT molecular complexity index is 253. The standard InChI is InChI=1S/C8H13N3O/c1-6-10-8(12-11-6)5-7-3-2-4-9-7/h7,9H,2-5H2,1H3/t7-/m1/s1. The lowest BCUT2D eigenvalue weighted by Gasteiger charge is -2.04. The third-order valence-corrected chi connectivity index (χ3v) is 2.15. The van der Waals surface area contributed by atoms with Crippen molar-refractivity contribution in [1.82, 2.24) is 15.5 Å². The Kier molecular flexibility index (Phi) is 2.08. The minimum Gasteiger partial charge on any atom is -0.339 e. The topological polar surface area (TPSA) is 51.0 Å². The van der Waals surface area contributed by atoms with E-state index in [-0.39, 0.29) is 0 Å². The maximum absolute atomic E-state index is 5.03. The summed E-state index contributed by atoms with van der Waals surface area (Å²) < 4.78 is 5.03. The Labute approximate surface area is 71.4 Å². The van der Waals surface area contributed by atoms with Crippen LogP contribution in [0.3, 0.4) is 0 Å². The van der Waals surface area contributed by atoms with E-state index in [1.807, 2.05) is 6.92 Å². The van der Waals surface area contributed by atoms with Crippen LogP contribution in [0.5, 0.6) is 0 Å². The van der Waals surface area contributed by atoms with Gasteiger partial charge in [-0.15, -0.1) is 0 Å². The molecule has 0 unspecified atom stereocenters. The summed E-state index contributed by atoms with van der Waals surface area (Å²) >= 11 is 0. The first-order chi connectivity index (χ1) is 5.84. The first-order valence-corrected chi connectivity index (χ1v) is 4.37. The van der Waals surface area contributed by atoms with Gasteiger partial charge in [0.2, 0.25) is 5.89 Å². The number of hydrogen-bond acceptors (Lipinski definition) is 4. The van der Waals surface area contributed by atoms with E-state index in [0.717, 1.165) is 24.7 Å². The van der Waals surface area contributed by atoms with Crippen molar-refractivity contribution in [2.75, 3.05) is 6.54 Å². The Balaban J connectivity index is 1.94. The molecule has 2 rings (SSSR count). The average Bonchev–Trinajstić information content (AvgIpc) is 2.63. The molecule has 1 aromatic rings. The van der Waals surface area contributed by atoms with Crippen LogP contribution < -0.4 is 5.32 Å². The van der Waals surface area contributed by atoms with Gasteiger partial charge in [0, 0.05) is 12.5 Å². The fourth-order valence-electron chi connectivity index (χ4n) is 1.56. The second-order valence-electron chi connectivity index (χ2n) is 3.23. The normalized spacial score (nSPS) is 23.2. The Morgan fingerprint density at radius 3 is 3.17 bits per heavy atom. The zero-order valence-electron chi connectivity index (χ0n) is 7.21. The summed E-state index contributed by atoms with van der Waals surface area (Å²) in [5.41, 5.74) is 0. The molecule has 1 aliphatic heterocycles. The van der Waals surface area contributed by atoms with Gasteiger partial charge in [0.05, 0.1) is 0 Å². The lowest BCUT2D eigenvalue weighted by Crippen LogP contribution is -2.23. The van der Waals surface area contributed by atoms with Crippen LogP contribution in [0.2, 0.25) is 0 Å². The number of nitrogens with one attached hydrogen (secondary N) is 1. The summed E-state index contributed by atoms with van der Waals surface area (Å²) in [7, 11) is 0. The van der Waals surface area contributed by atoms with Gasteiger partial charge in [-0.2, -0.15) is 4.98 Å². The van der Waals surface area contributed by atoms with Crippen LogP contribution in [0.15, 0.2) is 4.52 Å². The van der Waals surface area contributed by atoms with Crippen LogP contribution in [0.4, 0.5) is 0 Å². The maximum Gasteiger partial charge on any atom is 0.228 e. The quantitative estimate of drug-likeness (QED) is 0.703. The second kappa shape index (κ2) is 3.23. The van der Waals surface area contributed by atoms with E-state index in [4.69, 9.17) is 4.52 Å². The highest BCUT2D eigenvalue weighted by molar-refractivity contribution is 4.89. The van der Waals surface area contributed by atoms with Crippen molar-refractivity contribution in [1.29, 1.82) is 0 Å². The van der Waals surface area contributed by atoms with Gasteiger partial charge in [0.15, 0.2) is 5.82 Å². The molecule has 4 nitrogen and oxygen atoms in total. The van der Waals surface area contributed by atoms with Crippen molar-refractivity contribution in [2.45, 2.75) is 32.2 Å². The smallest absolute Gasteiger partial charge is 0.228 e. The van der Waals surface area contributed by atoms with Crippen LogP contribution in [-0.2, 0) is 6.42 Å². The second-order valence-corrected chi connectivity index (χ2v) is 3.23. The molecule has 0 spiro atoms. The molecule has 1 aliphatic rings. The molecule has 0 aliphatic carbocycles. The summed E-state index contributed by atoms with van der Waals surface area (Å²) in [6, 6.07) is 0.546. The molecule has 0 aromatic carbocycles. The molecule has 0 radical (unpaired) electrons. The third-order valence-electron chi connectivity index (χ3n) is 2.15. The minimum absolute atomic E-state index is 0.546. The molecule has 1 atom stereocenters. The summed E-state index contributed by atoms with van der Waals surface area (Å²) in [6.07, 6.45) is 3.36. The molecular weight excluding hydrogens is 154 g/mol. The van der Waals surface area contributed by atoms with Crippen LogP contribution in [0.1, 0.15) is 24.6 Å². The van der Waals surface area contributed by atoms with Crippen molar-refractivity contribution in [3.63, 3.8) is 0 Å². The fraction of sp³-hybridized carbons (Fsp3) is 0.750. The summed E-state index contributed by atoms with van der Waals surface area (Å²) in [5, 5.41) is 7.13. The maximum atomic E-state index is 5.03. The molecule has 1 fully saturated rings. The van der Waals surface area contributed by atoms with E-state index in [9.17, 15) is 0 Å². The van der Waals surface area contributed by atoms with E-state index in [1.54, 1.807) is 0 Å². The molecule has 1 N–H and O–H groups in total. The number of nitrogens with zero attached hydrogens (tertiary/aromatic N) is 2. The van der Waals surface area contributed by atoms with E-state index < -0.39 is 0 Å². The first kappa shape index (κ1) is 7.73. The molecule has 1 aromatic heterocycles. The molecule has 0 bridgehead atoms. The van der Waals surface area contributed by atoms with Gasteiger partial charge < -0.3 is 9.84 Å². The largest absolute Gasteiger partial charge is 0.339 e. The van der Waals surface area contributed by atoms with E-state index in [0.29, 0.717) is 6.04 Å². The van der Waals surface area contributed by atoms with Crippen LogP contribution in [0, 0.1) is 6.92 Å². The van der Waals surface area contributed by atoms with Gasteiger partial charge in [-0.3, -0.25) is 0 Å². The number of aromatic nitrogens is 2. The monoisotopic (exact) mass is 167 g/mol. The molecular formula is C8H13N3O. The van der Waals surface area contributed by atoms with Crippen LogP contribution in [-0.4, -0.2) is 22.7 Å². The number of aryl methyl sites for hydroxylation is 1. The van der Waals surface area contributed by atoms with E-state index in [2.05, 4.69) is 15.5 Å². The molecule has 0 saturated carbocycles. The summed E-state index contributed by atoms with van der Waals surface area (Å²) in [6.45, 7) is 2.97. The summed E-state index contributed by atoms with van der Waals surface area (Å²) in [4.78, 5) is 4.16. The van der Waals surface area contributed by atoms with E-state index >= 15 is 0 Å². The predicted octanol–water partition coefficient (Wildman–Crippen LogP) is 0.673. The minimum atomic E-state index is 0.546. The lowest BCUT2D eigenvalue weighted by atomic mass is 10.2. The third kappa shape index (κ3) is 1.64. The van der Waals surface area contributed by atoms with Crippen molar-refractivity contribution in [3.8, 4) is 0 Å². The van der Waals surface area contributed by atoms with Gasteiger partial charge in [0.25, 0.3) is 0 Å². The first-order valence-electron chi connectivity index (χ1n) is 4.37. The zero-order chi connectivity index (χ0) is 8.39. The van der Waals surface area contributed by atoms with E-state index in [1.165, 1.54) is 12.8 Å². The molecule has 66 valence electrons. The van der Waals surface area contributed by atoms with Crippen LogP contribution in [0.25, 0.3) is 0 Å². The van der Waals surface area contributed by atoms with Gasteiger partial charge in [-0.05, 0) is 26.3 Å². The summed E-state index contributed by atoms with van der Waals surface area (Å²) in [5.74, 6) is 1.48. The molecule has 2 heterocycles. The van der Waals surface area contributed by atoms with Crippen molar-refractivity contribution < 1.29 is 4.52 Å². The van der Waals surface area contributed by atoms with Gasteiger partial charge in [0.1, 0.15) is 0 Å². The van der Waals surface area contributed by atoms with Crippen LogP contribution >= 0.6 is 0 Å². The van der Waals surface area contributed by atoms with Crippen molar-refractivity contribution >= 4 is 0 Å². The Morgan fingerprint density at radius 1 is 1.67 bits per heavy atom. The molecule has 4 heteroatoms. The number of hydrogen-bond donors (Lipinski definition) is 1. The van der Waals surface area contributed by atoms with Gasteiger partial charge in [-0.25, -0.2) is 0 Å². The highest BCUT2D eigenvalue weighted by atomic mass is 16.5. The van der Waals surface area contributed by atoms with Gasteiger partial charge >= 0.3 is 0 Å². The SMILES string of the molecule is Cc1noc(C[C@H]2CCCN2)n1. The van der Waals surface area contributed by atoms with Crippen molar-refractivity contribution in [3.05, 3.63) is 11.7 Å². The van der Waals surface area contributed by atoms with Gasteiger partial charge in [-0.1, -0.05) is 5.16 Å². The molecule has 1 saturated heterocycles. The Morgan fingerprint density at radius 2 is 2.58 bits per heavy atom. The predicted molar refractivity (Wildman–Crippen MR) is 43.8 cm³/mol. The highest BCUT2D eigenvalue weighted by Gasteiger charge is 2.17. The fourth-order valence-corrected chi connectivity index (χ4v) is 1.56. The highest BCUT2D eigenvalue weighted by Crippen LogP contribution is 2.10. The molecule has 0 amide bonds.